The average Bonchev–Trinajstić information content (AvgIpc) is 2.37. The van der Waals surface area contributed by atoms with Gasteiger partial charge >= 0.3 is 0 Å². The minimum absolute atomic E-state index is 0.0278. The molecule has 0 saturated carbocycles. The third-order valence-corrected chi connectivity index (χ3v) is 6.94. The molecule has 0 aliphatic heterocycles. The summed E-state index contributed by atoms with van der Waals surface area (Å²) < 4.78 is 56.8. The Morgan fingerprint density at radius 2 is 1.10 bits per heavy atom. The van der Waals surface area contributed by atoms with Crippen molar-refractivity contribution in [1.82, 2.24) is 9.13 Å². The number of hydrogen-bond acceptors (Lipinski definition) is 2. The number of nitrogens with zero attached hydrogens (tertiary/aromatic N) is 2. The van der Waals surface area contributed by atoms with Gasteiger partial charge in [-0.3, -0.25) is 9.13 Å². The third kappa shape index (κ3) is 6.37. The van der Waals surface area contributed by atoms with E-state index in [9.17, 15) is 17.6 Å². The Morgan fingerprint density at radius 3 is 1.29 bits per heavy atom. The molecule has 0 amide bonds. The van der Waals surface area contributed by atoms with Crippen molar-refractivity contribution >= 4 is 19.4 Å². The zero-order valence-electron chi connectivity index (χ0n) is 13.7. The number of halogens is 4. The van der Waals surface area contributed by atoms with Gasteiger partial charge < -0.3 is 0 Å². The Kier molecular flexibility index (Phi) is 8.67. The first kappa shape index (κ1) is 21.1. The molecular formula is C13H26F4N2Si2. The maximum Gasteiger partial charge on any atom is 0.183 e. The molecule has 0 aromatic heterocycles. The van der Waals surface area contributed by atoms with Crippen molar-refractivity contribution in [3.63, 3.8) is 0 Å². The van der Waals surface area contributed by atoms with Crippen LogP contribution in [0.25, 0.3) is 0 Å². The van der Waals surface area contributed by atoms with Crippen LogP contribution in [0.5, 0.6) is 0 Å². The highest BCUT2D eigenvalue weighted by Gasteiger charge is 2.36. The minimum atomic E-state index is -2.02. The zero-order valence-corrected chi connectivity index (χ0v) is 15.7. The smallest absolute Gasteiger partial charge is 0.183 e. The molecule has 0 aliphatic rings. The maximum absolute atomic E-state index is 14.1. The fourth-order valence-electron chi connectivity index (χ4n) is 2.11. The molecular weight excluding hydrogens is 316 g/mol. The Labute approximate surface area is 131 Å². The molecule has 21 heavy (non-hydrogen) atoms. The van der Waals surface area contributed by atoms with E-state index in [0.717, 1.165) is 0 Å². The van der Waals surface area contributed by atoms with Crippen LogP contribution in [0.2, 0.25) is 5.67 Å². The first-order valence-corrected chi connectivity index (χ1v) is 9.36. The Hall–Kier alpha value is 0.0738. The molecule has 0 aromatic rings. The molecule has 0 saturated heterocycles. The van der Waals surface area contributed by atoms with Gasteiger partial charge in [-0.1, -0.05) is 27.7 Å². The van der Waals surface area contributed by atoms with Crippen LogP contribution in [-0.4, -0.2) is 65.5 Å². The molecule has 2 unspecified atom stereocenters. The van der Waals surface area contributed by atoms with Crippen LogP contribution in [0.15, 0.2) is 0 Å². The van der Waals surface area contributed by atoms with Gasteiger partial charge in [0.2, 0.25) is 0 Å². The van der Waals surface area contributed by atoms with Crippen LogP contribution >= 0.6 is 0 Å². The molecule has 2 atom stereocenters. The van der Waals surface area contributed by atoms with Gasteiger partial charge in [0.1, 0.15) is 32.7 Å². The summed E-state index contributed by atoms with van der Waals surface area (Å²) in [7, 11) is 0.0556. The summed E-state index contributed by atoms with van der Waals surface area (Å²) in [6, 6.07) is -0.298. The SMILES string of the molecule is CC(C)N([Si]C[Si]N(C(C)C)C(C)(F)CF)C(C)(F)CF. The molecule has 0 aliphatic carbocycles. The topological polar surface area (TPSA) is 6.48 Å². The van der Waals surface area contributed by atoms with Crippen molar-refractivity contribution in [2.45, 2.75) is 70.9 Å². The van der Waals surface area contributed by atoms with E-state index in [1.165, 1.54) is 23.0 Å². The first-order valence-electron chi connectivity index (χ1n) is 7.05. The lowest BCUT2D eigenvalue weighted by Gasteiger charge is -2.38. The van der Waals surface area contributed by atoms with E-state index in [-0.39, 0.29) is 31.4 Å². The van der Waals surface area contributed by atoms with E-state index >= 15 is 0 Å². The summed E-state index contributed by atoms with van der Waals surface area (Å²) in [5.41, 5.74) is 0.495. The lowest BCUT2D eigenvalue weighted by molar-refractivity contribution is 0.000888. The van der Waals surface area contributed by atoms with Gasteiger partial charge in [-0.15, -0.1) is 0 Å². The Morgan fingerprint density at radius 1 is 0.810 bits per heavy atom. The molecule has 0 rings (SSSR count). The molecule has 4 radical (unpaired) electrons. The summed E-state index contributed by atoms with van der Waals surface area (Å²) in [4.78, 5) is 0. The second kappa shape index (κ2) is 8.64. The van der Waals surface area contributed by atoms with Gasteiger partial charge in [-0.25, -0.2) is 17.6 Å². The predicted octanol–water partition coefficient (Wildman–Crippen LogP) is 3.33. The van der Waals surface area contributed by atoms with E-state index in [1.807, 2.05) is 0 Å². The van der Waals surface area contributed by atoms with Crippen molar-refractivity contribution in [3.8, 4) is 0 Å². The molecule has 124 valence electrons. The van der Waals surface area contributed by atoms with Gasteiger partial charge in [0.05, 0.1) is 0 Å². The summed E-state index contributed by atoms with van der Waals surface area (Å²) in [5.74, 6) is -4.03. The summed E-state index contributed by atoms with van der Waals surface area (Å²) in [5, 5.41) is 0. The molecule has 0 aromatic carbocycles. The largest absolute Gasteiger partial charge is 0.291 e. The fraction of sp³-hybridized carbons (Fsp3) is 1.00. The van der Waals surface area contributed by atoms with Gasteiger partial charge in [-0.2, -0.15) is 0 Å². The van der Waals surface area contributed by atoms with Crippen LogP contribution in [0.1, 0.15) is 41.5 Å². The van der Waals surface area contributed by atoms with Gasteiger partial charge in [-0.05, 0) is 19.5 Å². The minimum Gasteiger partial charge on any atom is -0.291 e. The van der Waals surface area contributed by atoms with Crippen LogP contribution in [0, 0.1) is 0 Å². The van der Waals surface area contributed by atoms with Crippen LogP contribution < -0.4 is 0 Å². The molecule has 0 heterocycles. The van der Waals surface area contributed by atoms with E-state index < -0.39 is 24.9 Å². The van der Waals surface area contributed by atoms with Crippen molar-refractivity contribution in [3.05, 3.63) is 0 Å². The van der Waals surface area contributed by atoms with Crippen LogP contribution in [-0.2, 0) is 0 Å². The molecule has 0 bridgehead atoms. The van der Waals surface area contributed by atoms with Crippen LogP contribution in [0.4, 0.5) is 17.6 Å². The average molecular weight is 343 g/mol. The van der Waals surface area contributed by atoms with E-state index in [2.05, 4.69) is 0 Å². The van der Waals surface area contributed by atoms with Gasteiger partial charge in [0.15, 0.2) is 11.6 Å². The molecule has 2 nitrogen and oxygen atoms in total. The second-order valence-electron chi connectivity index (χ2n) is 5.97. The predicted molar refractivity (Wildman–Crippen MR) is 81.2 cm³/mol. The van der Waals surface area contributed by atoms with Crippen molar-refractivity contribution in [2.75, 3.05) is 13.3 Å². The molecule has 8 heteroatoms. The Bertz CT molecular complexity index is 274. The summed E-state index contributed by atoms with van der Waals surface area (Å²) >= 11 is 0. The zero-order chi connectivity index (χ0) is 16.8. The van der Waals surface area contributed by atoms with E-state index in [1.54, 1.807) is 27.7 Å². The van der Waals surface area contributed by atoms with Gasteiger partial charge in [0.25, 0.3) is 0 Å². The highest BCUT2D eigenvalue weighted by molar-refractivity contribution is 6.53. The summed E-state index contributed by atoms with van der Waals surface area (Å²) in [6.45, 7) is 7.44. The maximum atomic E-state index is 14.1. The second-order valence-corrected chi connectivity index (χ2v) is 8.98. The highest BCUT2D eigenvalue weighted by Crippen LogP contribution is 2.22. The van der Waals surface area contributed by atoms with Crippen LogP contribution in [0.3, 0.4) is 0 Å². The van der Waals surface area contributed by atoms with Gasteiger partial charge in [0, 0.05) is 12.1 Å². The lowest BCUT2D eigenvalue weighted by Crippen LogP contribution is -2.54. The number of alkyl halides is 4. The normalized spacial score (nSPS) is 18.6. The molecule has 0 spiro atoms. The molecule has 0 N–H and O–H groups in total. The van der Waals surface area contributed by atoms with Crippen molar-refractivity contribution in [1.29, 1.82) is 0 Å². The number of rotatable bonds is 10. The summed E-state index contributed by atoms with van der Waals surface area (Å²) in [6.07, 6.45) is 0. The van der Waals surface area contributed by atoms with Crippen molar-refractivity contribution in [2.24, 2.45) is 0 Å². The first-order chi connectivity index (χ1) is 9.49. The van der Waals surface area contributed by atoms with E-state index in [4.69, 9.17) is 0 Å². The quantitative estimate of drug-likeness (QED) is 0.341. The Balaban J connectivity index is 4.68. The third-order valence-electron chi connectivity index (χ3n) is 3.02. The molecule has 0 fully saturated rings. The standard InChI is InChI=1S/C13H26F4N2Si2/c1-10(2)18(12(5,16)7-14)20-9-21-19(11(3)4)13(6,17)8-15/h10-11H,7-9H2,1-6H3. The number of hydrogen-bond donors (Lipinski definition) is 0. The monoisotopic (exact) mass is 342 g/mol. The highest BCUT2D eigenvalue weighted by atomic mass is 28.3. The van der Waals surface area contributed by atoms with E-state index in [0.29, 0.717) is 5.67 Å². The van der Waals surface area contributed by atoms with Crippen molar-refractivity contribution < 1.29 is 17.6 Å². The lowest BCUT2D eigenvalue weighted by atomic mass is 10.2. The fourth-order valence-corrected chi connectivity index (χ4v) is 5.26.